The molecule has 1 amide bonds. The number of rotatable bonds is 2. The van der Waals surface area contributed by atoms with Crippen LogP contribution in [0.15, 0.2) is 24.3 Å². The molecule has 20 heavy (non-hydrogen) atoms. The number of amides is 1. The smallest absolute Gasteiger partial charge is 0.251 e. The highest BCUT2D eigenvalue weighted by molar-refractivity contribution is 6.30. The third-order valence-corrected chi connectivity index (χ3v) is 5.74. The van der Waals surface area contributed by atoms with Gasteiger partial charge in [0.1, 0.15) is 0 Å². The van der Waals surface area contributed by atoms with Gasteiger partial charge in [-0.2, -0.15) is 0 Å². The minimum absolute atomic E-state index is 0.0504. The SMILES string of the molecule is O=C(NC12CC3CC(CC(C3)C1)C2)c1cccc(Cl)c1. The first-order chi connectivity index (χ1) is 9.62. The molecule has 3 heteroatoms. The van der Waals surface area contributed by atoms with Crippen LogP contribution in [-0.2, 0) is 0 Å². The topological polar surface area (TPSA) is 29.1 Å². The van der Waals surface area contributed by atoms with Crippen molar-refractivity contribution < 1.29 is 4.79 Å². The summed E-state index contributed by atoms with van der Waals surface area (Å²) in [6.07, 6.45) is 7.74. The molecule has 2 nitrogen and oxygen atoms in total. The zero-order chi connectivity index (χ0) is 13.7. The molecule has 4 bridgehead atoms. The van der Waals surface area contributed by atoms with Gasteiger partial charge in [-0.25, -0.2) is 0 Å². The Balaban J connectivity index is 1.55. The number of carbonyl (C=O) groups is 1. The second-order valence-electron chi connectivity index (χ2n) is 7.16. The summed E-state index contributed by atoms with van der Waals surface area (Å²) < 4.78 is 0. The van der Waals surface area contributed by atoms with E-state index in [1.165, 1.54) is 38.5 Å². The van der Waals surface area contributed by atoms with E-state index < -0.39 is 0 Å². The van der Waals surface area contributed by atoms with E-state index >= 15 is 0 Å². The van der Waals surface area contributed by atoms with E-state index in [2.05, 4.69) is 5.32 Å². The quantitative estimate of drug-likeness (QED) is 0.875. The standard InChI is InChI=1S/C17H20ClNO/c18-15-3-1-2-14(7-15)16(20)19-17-8-11-4-12(9-17)6-13(5-11)10-17/h1-3,7,11-13H,4-6,8-10H2,(H,19,20). The van der Waals surface area contributed by atoms with Gasteiger partial charge in [-0.05, 0) is 74.5 Å². The Morgan fingerprint density at radius 3 is 2.25 bits per heavy atom. The lowest BCUT2D eigenvalue weighted by Crippen LogP contribution is -2.59. The maximum Gasteiger partial charge on any atom is 0.251 e. The number of halogens is 1. The number of benzene rings is 1. The number of hydrogen-bond donors (Lipinski definition) is 1. The summed E-state index contributed by atoms with van der Waals surface area (Å²) in [6.45, 7) is 0. The second kappa shape index (κ2) is 4.49. The summed E-state index contributed by atoms with van der Waals surface area (Å²) in [5, 5.41) is 4.00. The third kappa shape index (κ3) is 2.14. The summed E-state index contributed by atoms with van der Waals surface area (Å²) >= 11 is 5.98. The zero-order valence-electron chi connectivity index (χ0n) is 11.6. The van der Waals surface area contributed by atoms with Crippen LogP contribution in [0.5, 0.6) is 0 Å². The summed E-state index contributed by atoms with van der Waals surface area (Å²) in [5.74, 6) is 2.59. The molecule has 0 spiro atoms. The van der Waals surface area contributed by atoms with E-state index in [0.717, 1.165) is 17.8 Å². The minimum atomic E-state index is 0.0504. The zero-order valence-corrected chi connectivity index (χ0v) is 12.3. The van der Waals surface area contributed by atoms with E-state index in [0.29, 0.717) is 10.6 Å². The molecular weight excluding hydrogens is 270 g/mol. The third-order valence-electron chi connectivity index (χ3n) is 5.50. The number of nitrogens with one attached hydrogen (secondary N) is 1. The van der Waals surface area contributed by atoms with Gasteiger partial charge >= 0.3 is 0 Å². The highest BCUT2D eigenvalue weighted by atomic mass is 35.5. The van der Waals surface area contributed by atoms with Crippen LogP contribution in [0.4, 0.5) is 0 Å². The predicted octanol–water partition coefficient (Wildman–Crippen LogP) is 4.04. The van der Waals surface area contributed by atoms with E-state index in [1.54, 1.807) is 6.07 Å². The van der Waals surface area contributed by atoms with Gasteiger partial charge in [-0.1, -0.05) is 17.7 Å². The lowest BCUT2D eigenvalue weighted by Gasteiger charge is -2.56. The van der Waals surface area contributed by atoms with Crippen LogP contribution < -0.4 is 5.32 Å². The number of hydrogen-bond acceptors (Lipinski definition) is 1. The van der Waals surface area contributed by atoms with Gasteiger partial charge in [-0.15, -0.1) is 0 Å². The Bertz CT molecular complexity index is 518. The minimum Gasteiger partial charge on any atom is -0.347 e. The first kappa shape index (κ1) is 12.7. The largest absolute Gasteiger partial charge is 0.347 e. The number of carbonyl (C=O) groups excluding carboxylic acids is 1. The molecular formula is C17H20ClNO. The van der Waals surface area contributed by atoms with Gasteiger partial charge in [0, 0.05) is 16.1 Å². The fourth-order valence-corrected chi connectivity index (χ4v) is 5.40. The van der Waals surface area contributed by atoms with Crippen LogP contribution >= 0.6 is 11.6 Å². The molecule has 0 heterocycles. The van der Waals surface area contributed by atoms with E-state index in [1.807, 2.05) is 18.2 Å². The molecule has 5 rings (SSSR count). The van der Waals surface area contributed by atoms with Gasteiger partial charge < -0.3 is 5.32 Å². The van der Waals surface area contributed by atoms with Crippen molar-refractivity contribution in [1.82, 2.24) is 5.32 Å². The molecule has 1 N–H and O–H groups in total. The van der Waals surface area contributed by atoms with Gasteiger partial charge in [0.25, 0.3) is 5.91 Å². The lowest BCUT2D eigenvalue weighted by atomic mass is 9.53. The molecule has 4 fully saturated rings. The molecule has 0 aromatic heterocycles. The van der Waals surface area contributed by atoms with E-state index in [9.17, 15) is 4.79 Å². The lowest BCUT2D eigenvalue weighted by molar-refractivity contribution is -0.0167. The van der Waals surface area contributed by atoms with Crippen molar-refractivity contribution in [3.63, 3.8) is 0 Å². The van der Waals surface area contributed by atoms with Crippen LogP contribution in [0.3, 0.4) is 0 Å². The monoisotopic (exact) mass is 289 g/mol. The van der Waals surface area contributed by atoms with Crippen molar-refractivity contribution in [2.45, 2.75) is 44.1 Å². The predicted molar refractivity (Wildman–Crippen MR) is 79.8 cm³/mol. The molecule has 0 unspecified atom stereocenters. The van der Waals surface area contributed by atoms with Crippen LogP contribution in [0, 0.1) is 17.8 Å². The van der Waals surface area contributed by atoms with Crippen molar-refractivity contribution in [1.29, 1.82) is 0 Å². The summed E-state index contributed by atoms with van der Waals surface area (Å²) in [6, 6.07) is 7.26. The van der Waals surface area contributed by atoms with Gasteiger partial charge in [0.2, 0.25) is 0 Å². The summed E-state index contributed by atoms with van der Waals surface area (Å²) in [4.78, 5) is 12.5. The average Bonchev–Trinajstić information content (AvgIpc) is 2.36. The Hall–Kier alpha value is -1.02. The molecule has 1 aromatic carbocycles. The second-order valence-corrected chi connectivity index (χ2v) is 7.60. The summed E-state index contributed by atoms with van der Waals surface area (Å²) in [5.41, 5.74) is 0.766. The molecule has 106 valence electrons. The molecule has 4 aliphatic rings. The van der Waals surface area contributed by atoms with Crippen LogP contribution in [0.1, 0.15) is 48.9 Å². The molecule has 4 aliphatic carbocycles. The van der Waals surface area contributed by atoms with Crippen molar-refractivity contribution in [2.24, 2.45) is 17.8 Å². The fraction of sp³-hybridized carbons (Fsp3) is 0.588. The highest BCUT2D eigenvalue weighted by Gasteiger charge is 2.51. The Morgan fingerprint density at radius 1 is 1.10 bits per heavy atom. The van der Waals surface area contributed by atoms with Gasteiger partial charge in [0.05, 0.1) is 0 Å². The first-order valence-corrected chi connectivity index (χ1v) is 8.08. The van der Waals surface area contributed by atoms with Crippen molar-refractivity contribution in [3.8, 4) is 0 Å². The fourth-order valence-electron chi connectivity index (χ4n) is 5.21. The van der Waals surface area contributed by atoms with Crippen LogP contribution in [0.2, 0.25) is 5.02 Å². The Kier molecular flexibility index (Phi) is 2.85. The van der Waals surface area contributed by atoms with Gasteiger partial charge in [0.15, 0.2) is 0 Å². The van der Waals surface area contributed by atoms with Crippen molar-refractivity contribution in [2.75, 3.05) is 0 Å². The van der Waals surface area contributed by atoms with Crippen LogP contribution in [0.25, 0.3) is 0 Å². The van der Waals surface area contributed by atoms with E-state index in [-0.39, 0.29) is 11.4 Å². The molecule has 0 atom stereocenters. The van der Waals surface area contributed by atoms with Crippen molar-refractivity contribution in [3.05, 3.63) is 34.9 Å². The molecule has 0 aliphatic heterocycles. The van der Waals surface area contributed by atoms with Crippen LogP contribution in [-0.4, -0.2) is 11.4 Å². The Morgan fingerprint density at radius 2 is 1.70 bits per heavy atom. The summed E-state index contributed by atoms with van der Waals surface area (Å²) in [7, 11) is 0. The molecule has 1 aromatic rings. The first-order valence-electron chi connectivity index (χ1n) is 7.70. The Labute approximate surface area is 124 Å². The van der Waals surface area contributed by atoms with Gasteiger partial charge in [-0.3, -0.25) is 4.79 Å². The van der Waals surface area contributed by atoms with Crippen molar-refractivity contribution >= 4 is 17.5 Å². The maximum atomic E-state index is 12.5. The maximum absolute atomic E-state index is 12.5. The normalized spacial score (nSPS) is 38.0. The molecule has 0 radical (unpaired) electrons. The van der Waals surface area contributed by atoms with E-state index in [4.69, 9.17) is 11.6 Å². The highest BCUT2D eigenvalue weighted by Crippen LogP contribution is 2.55. The average molecular weight is 290 g/mol. The molecule has 0 saturated heterocycles. The molecule has 4 saturated carbocycles.